The normalized spacial score (nSPS) is 12.9. The van der Waals surface area contributed by atoms with Gasteiger partial charge < -0.3 is 14.2 Å². The summed E-state index contributed by atoms with van der Waals surface area (Å²) in [5.41, 5.74) is 3.46. The van der Waals surface area contributed by atoms with Gasteiger partial charge in [-0.1, -0.05) is 36.4 Å². The Bertz CT molecular complexity index is 979. The average Bonchev–Trinajstić information content (AvgIpc) is 3.29. The van der Waals surface area contributed by atoms with Crippen LogP contribution < -0.4 is 4.90 Å². The highest BCUT2D eigenvalue weighted by molar-refractivity contribution is 6.02. The zero-order chi connectivity index (χ0) is 18.8. The number of hydrogen-bond donors (Lipinski definition) is 0. The maximum Gasteiger partial charge on any atom is 0.254 e. The van der Waals surface area contributed by atoms with Gasteiger partial charge in [0.15, 0.2) is 0 Å². The molecule has 5 heteroatoms. The van der Waals surface area contributed by atoms with Gasteiger partial charge in [-0.25, -0.2) is 0 Å². The second-order valence-electron chi connectivity index (χ2n) is 6.66. The zero-order valence-electron chi connectivity index (χ0n) is 15.1. The van der Waals surface area contributed by atoms with Crippen molar-refractivity contribution in [1.82, 2.24) is 4.90 Å². The fourth-order valence-corrected chi connectivity index (χ4v) is 3.42. The molecule has 0 aliphatic carbocycles. The van der Waals surface area contributed by atoms with Crippen molar-refractivity contribution in [2.45, 2.75) is 20.0 Å². The Labute approximate surface area is 157 Å². The molecule has 2 aromatic carbocycles. The first kappa shape index (κ1) is 17.1. The van der Waals surface area contributed by atoms with Gasteiger partial charge >= 0.3 is 0 Å². The number of carbonyl (C=O) groups is 2. The maximum atomic E-state index is 13.2. The number of aryl methyl sites for hydroxylation is 1. The molecule has 0 fully saturated rings. The lowest BCUT2D eigenvalue weighted by Crippen LogP contribution is -2.40. The van der Waals surface area contributed by atoms with Crippen molar-refractivity contribution in [2.24, 2.45) is 0 Å². The molecule has 0 saturated heterocycles. The number of amides is 2. The van der Waals surface area contributed by atoms with Crippen molar-refractivity contribution < 1.29 is 14.0 Å². The van der Waals surface area contributed by atoms with Gasteiger partial charge in [-0.05, 0) is 42.3 Å². The summed E-state index contributed by atoms with van der Waals surface area (Å²) < 4.78 is 5.44. The minimum atomic E-state index is -0.137. The van der Waals surface area contributed by atoms with Crippen molar-refractivity contribution in [3.8, 4) is 0 Å². The molecule has 3 aromatic rings. The Kier molecular flexibility index (Phi) is 4.50. The summed E-state index contributed by atoms with van der Waals surface area (Å²) >= 11 is 0. The van der Waals surface area contributed by atoms with E-state index in [1.165, 1.54) is 0 Å². The standard InChI is InChI=1S/C22H20N2O3/c1-16-7-2-5-11-20(16)24(14-18-9-6-12-27-18)21(25)15-23-13-17-8-3-4-10-19(17)22(23)26/h2-12H,13-15H2,1H3. The van der Waals surface area contributed by atoms with Crippen molar-refractivity contribution >= 4 is 17.5 Å². The maximum absolute atomic E-state index is 13.2. The summed E-state index contributed by atoms with van der Waals surface area (Å²) in [5.74, 6) is 0.464. The molecule has 0 spiro atoms. The third-order valence-corrected chi connectivity index (χ3v) is 4.82. The van der Waals surface area contributed by atoms with Gasteiger partial charge in [-0.15, -0.1) is 0 Å². The van der Waals surface area contributed by atoms with E-state index in [2.05, 4.69) is 0 Å². The summed E-state index contributed by atoms with van der Waals surface area (Å²) in [6, 6.07) is 18.9. The molecule has 0 atom stereocenters. The van der Waals surface area contributed by atoms with Gasteiger partial charge in [0, 0.05) is 17.8 Å². The number of fused-ring (bicyclic) bond motifs is 1. The van der Waals surface area contributed by atoms with Crippen LogP contribution >= 0.6 is 0 Å². The highest BCUT2D eigenvalue weighted by Crippen LogP contribution is 2.25. The highest BCUT2D eigenvalue weighted by Gasteiger charge is 2.30. The molecule has 4 rings (SSSR count). The zero-order valence-corrected chi connectivity index (χ0v) is 15.1. The predicted molar refractivity (Wildman–Crippen MR) is 102 cm³/mol. The second-order valence-corrected chi connectivity index (χ2v) is 6.66. The lowest BCUT2D eigenvalue weighted by Gasteiger charge is -2.26. The van der Waals surface area contributed by atoms with Gasteiger partial charge in [0.05, 0.1) is 12.8 Å². The molecule has 0 radical (unpaired) electrons. The Hall–Kier alpha value is -3.34. The fourth-order valence-electron chi connectivity index (χ4n) is 3.42. The first-order chi connectivity index (χ1) is 13.1. The van der Waals surface area contributed by atoms with Gasteiger partial charge in [-0.3, -0.25) is 9.59 Å². The number of carbonyl (C=O) groups excluding carboxylic acids is 2. The lowest BCUT2D eigenvalue weighted by molar-refractivity contribution is -0.119. The monoisotopic (exact) mass is 360 g/mol. The smallest absolute Gasteiger partial charge is 0.254 e. The lowest BCUT2D eigenvalue weighted by atomic mass is 10.1. The van der Waals surface area contributed by atoms with Crippen molar-refractivity contribution in [2.75, 3.05) is 11.4 Å². The van der Waals surface area contributed by atoms with Crippen LogP contribution in [0.4, 0.5) is 5.69 Å². The van der Waals surface area contributed by atoms with Crippen molar-refractivity contribution in [3.05, 3.63) is 89.4 Å². The average molecular weight is 360 g/mol. The number of para-hydroxylation sites is 1. The molecule has 136 valence electrons. The Morgan fingerprint density at radius 3 is 2.59 bits per heavy atom. The third kappa shape index (κ3) is 3.36. The molecule has 0 N–H and O–H groups in total. The summed E-state index contributed by atoms with van der Waals surface area (Å²) in [5, 5.41) is 0. The molecule has 1 aliphatic rings. The van der Waals surface area contributed by atoms with Crippen LogP contribution in [0.2, 0.25) is 0 Å². The van der Waals surface area contributed by atoms with Gasteiger partial charge in [-0.2, -0.15) is 0 Å². The van der Waals surface area contributed by atoms with Crippen LogP contribution in [0.3, 0.4) is 0 Å². The van der Waals surface area contributed by atoms with Gasteiger partial charge in [0.25, 0.3) is 5.91 Å². The summed E-state index contributed by atoms with van der Waals surface area (Å²) in [7, 11) is 0. The van der Waals surface area contributed by atoms with E-state index in [1.807, 2.05) is 61.5 Å². The quantitative estimate of drug-likeness (QED) is 0.696. The van der Waals surface area contributed by atoms with Crippen LogP contribution in [-0.4, -0.2) is 23.3 Å². The van der Waals surface area contributed by atoms with Crippen LogP contribution in [0, 0.1) is 6.92 Å². The third-order valence-electron chi connectivity index (χ3n) is 4.82. The second kappa shape index (κ2) is 7.11. The minimum Gasteiger partial charge on any atom is -0.467 e. The molecule has 0 unspecified atom stereocenters. The predicted octanol–water partition coefficient (Wildman–Crippen LogP) is 3.78. The Morgan fingerprint density at radius 2 is 1.85 bits per heavy atom. The molecule has 5 nitrogen and oxygen atoms in total. The molecule has 0 saturated carbocycles. The van der Waals surface area contributed by atoms with Crippen LogP contribution in [0.1, 0.15) is 27.2 Å². The summed E-state index contributed by atoms with van der Waals surface area (Å²) in [6.45, 7) is 2.78. The van der Waals surface area contributed by atoms with E-state index in [9.17, 15) is 9.59 Å². The van der Waals surface area contributed by atoms with E-state index in [1.54, 1.807) is 22.1 Å². The first-order valence-electron chi connectivity index (χ1n) is 8.89. The first-order valence-corrected chi connectivity index (χ1v) is 8.89. The number of hydrogen-bond acceptors (Lipinski definition) is 3. The van der Waals surface area contributed by atoms with Crippen LogP contribution in [0.15, 0.2) is 71.3 Å². The summed E-state index contributed by atoms with van der Waals surface area (Å²) in [6.07, 6.45) is 1.59. The van der Waals surface area contributed by atoms with Crippen LogP contribution in [0.5, 0.6) is 0 Å². The van der Waals surface area contributed by atoms with Crippen molar-refractivity contribution in [1.29, 1.82) is 0 Å². The molecule has 27 heavy (non-hydrogen) atoms. The number of furan rings is 1. The molecule has 1 aliphatic heterocycles. The van der Waals surface area contributed by atoms with Crippen molar-refractivity contribution in [3.63, 3.8) is 0 Å². The largest absolute Gasteiger partial charge is 0.467 e. The molecule has 2 heterocycles. The highest BCUT2D eigenvalue weighted by atomic mass is 16.3. The van der Waals surface area contributed by atoms with E-state index in [4.69, 9.17) is 4.42 Å². The SMILES string of the molecule is Cc1ccccc1N(Cc1ccco1)C(=O)CN1Cc2ccccc2C1=O. The van der Waals surface area contributed by atoms with E-state index < -0.39 is 0 Å². The molecular weight excluding hydrogens is 340 g/mol. The molecule has 1 aromatic heterocycles. The minimum absolute atomic E-state index is 0.0303. The van der Waals surface area contributed by atoms with E-state index in [0.717, 1.165) is 16.8 Å². The number of nitrogens with zero attached hydrogens (tertiary/aromatic N) is 2. The molecule has 0 bridgehead atoms. The van der Waals surface area contributed by atoms with Gasteiger partial charge in [0.2, 0.25) is 5.91 Å². The Balaban J connectivity index is 1.58. The van der Waals surface area contributed by atoms with Crippen LogP contribution in [0.25, 0.3) is 0 Å². The van der Waals surface area contributed by atoms with E-state index in [0.29, 0.717) is 24.4 Å². The van der Waals surface area contributed by atoms with E-state index >= 15 is 0 Å². The van der Waals surface area contributed by atoms with Gasteiger partial charge in [0.1, 0.15) is 12.3 Å². The topological polar surface area (TPSA) is 53.8 Å². The fraction of sp³-hybridized carbons (Fsp3) is 0.182. The van der Waals surface area contributed by atoms with Crippen LogP contribution in [-0.2, 0) is 17.9 Å². The number of anilines is 1. The molecular formula is C22H20N2O3. The Morgan fingerprint density at radius 1 is 1.07 bits per heavy atom. The molecule has 2 amide bonds. The summed E-state index contributed by atoms with van der Waals surface area (Å²) in [4.78, 5) is 29.1. The number of rotatable bonds is 5. The number of benzene rings is 2. The van der Waals surface area contributed by atoms with E-state index in [-0.39, 0.29) is 18.4 Å².